The number of primary amides is 1. The van der Waals surface area contributed by atoms with E-state index in [2.05, 4.69) is 0 Å². The van der Waals surface area contributed by atoms with Gasteiger partial charge in [0.25, 0.3) is 5.92 Å². The van der Waals surface area contributed by atoms with E-state index in [4.69, 9.17) is 5.73 Å². The normalized spacial score (nSPS) is 29.8. The lowest BCUT2D eigenvalue weighted by Crippen LogP contribution is -2.35. The molecule has 1 atom stereocenters. The van der Waals surface area contributed by atoms with Crippen molar-refractivity contribution >= 4 is 5.91 Å². The van der Waals surface area contributed by atoms with Crippen molar-refractivity contribution < 1.29 is 13.6 Å². The monoisotopic (exact) mass is 225 g/mol. The summed E-state index contributed by atoms with van der Waals surface area (Å²) in [5, 5.41) is 0. The molecule has 2 nitrogen and oxygen atoms in total. The molecule has 4 heteroatoms. The van der Waals surface area contributed by atoms with Crippen molar-refractivity contribution in [2.45, 2.75) is 25.2 Å². The largest absolute Gasteiger partial charge is 0.369 e. The lowest BCUT2D eigenvalue weighted by molar-refractivity contribution is -0.123. The highest BCUT2D eigenvalue weighted by Gasteiger charge is 2.90. The molecule has 0 aromatic heterocycles. The molecule has 0 radical (unpaired) electrons. The molecular formula is C12H13F2NO. The summed E-state index contributed by atoms with van der Waals surface area (Å²) in [5.41, 5.74) is 2.20. The van der Waals surface area contributed by atoms with Crippen LogP contribution in [0.3, 0.4) is 0 Å². The number of hydrogen-bond acceptors (Lipinski definition) is 1. The summed E-state index contributed by atoms with van der Waals surface area (Å²) in [7, 11) is 0. The van der Waals surface area contributed by atoms with Crippen molar-refractivity contribution in [1.82, 2.24) is 0 Å². The van der Waals surface area contributed by atoms with Crippen molar-refractivity contribution in [3.8, 4) is 0 Å². The quantitative estimate of drug-likeness (QED) is 0.822. The third kappa shape index (κ3) is 0.883. The minimum Gasteiger partial charge on any atom is -0.369 e. The summed E-state index contributed by atoms with van der Waals surface area (Å²) in [6.07, 6.45) is 0. The molecule has 0 saturated heterocycles. The Bertz CT molecular complexity index is 426. The van der Waals surface area contributed by atoms with Gasteiger partial charge in [0.1, 0.15) is 5.41 Å². The maximum absolute atomic E-state index is 13.9. The van der Waals surface area contributed by atoms with Crippen LogP contribution in [-0.2, 0) is 10.2 Å². The minimum atomic E-state index is -3.09. The molecule has 1 aliphatic rings. The Kier molecular flexibility index (Phi) is 1.94. The maximum Gasteiger partial charge on any atom is 0.273 e. The molecule has 86 valence electrons. The first-order chi connectivity index (χ1) is 7.30. The predicted octanol–water partition coefficient (Wildman–Crippen LogP) is 2.08. The van der Waals surface area contributed by atoms with Crippen LogP contribution in [0, 0.1) is 5.41 Å². The number of hydrogen-bond donors (Lipinski definition) is 1. The van der Waals surface area contributed by atoms with E-state index >= 15 is 0 Å². The van der Waals surface area contributed by atoms with Crippen LogP contribution in [-0.4, -0.2) is 11.8 Å². The first-order valence-electron chi connectivity index (χ1n) is 5.03. The molecule has 0 aliphatic heterocycles. The summed E-state index contributed by atoms with van der Waals surface area (Å²) in [5.74, 6) is -4.05. The highest BCUT2D eigenvalue weighted by atomic mass is 19.3. The summed E-state index contributed by atoms with van der Waals surface area (Å²) >= 11 is 0. The highest BCUT2D eigenvalue weighted by Crippen LogP contribution is 2.75. The van der Waals surface area contributed by atoms with Gasteiger partial charge in [-0.1, -0.05) is 44.2 Å². The van der Waals surface area contributed by atoms with Crippen molar-refractivity contribution in [3.05, 3.63) is 35.9 Å². The van der Waals surface area contributed by atoms with Crippen LogP contribution in [0.25, 0.3) is 0 Å². The van der Waals surface area contributed by atoms with Gasteiger partial charge in [-0.2, -0.15) is 0 Å². The molecule has 2 N–H and O–H groups in total. The number of nitrogens with two attached hydrogens (primary N) is 1. The number of benzene rings is 1. The van der Waals surface area contributed by atoms with Gasteiger partial charge in [-0.15, -0.1) is 0 Å². The minimum absolute atomic E-state index is 0.289. The zero-order valence-corrected chi connectivity index (χ0v) is 9.13. The number of carbonyl (C=O) groups excluding carboxylic acids is 1. The Hall–Kier alpha value is -1.45. The fourth-order valence-electron chi connectivity index (χ4n) is 2.60. The van der Waals surface area contributed by atoms with Crippen molar-refractivity contribution in [2.24, 2.45) is 11.1 Å². The summed E-state index contributed by atoms with van der Waals surface area (Å²) < 4.78 is 27.7. The van der Waals surface area contributed by atoms with Gasteiger partial charge in [0, 0.05) is 0 Å². The average Bonchev–Trinajstić information content (AvgIpc) is 2.55. The lowest BCUT2D eigenvalue weighted by atomic mass is 9.87. The van der Waals surface area contributed by atoms with E-state index in [1.165, 1.54) is 26.0 Å². The van der Waals surface area contributed by atoms with Crippen LogP contribution in [0.1, 0.15) is 19.4 Å². The summed E-state index contributed by atoms with van der Waals surface area (Å²) in [4.78, 5) is 11.5. The SMILES string of the molecule is CC1(C)C(F)(F)C1(C(N)=O)c1ccccc1. The first-order valence-corrected chi connectivity index (χ1v) is 5.03. The van der Waals surface area contributed by atoms with Crippen molar-refractivity contribution in [2.75, 3.05) is 0 Å². The molecule has 1 amide bonds. The smallest absolute Gasteiger partial charge is 0.273 e. The molecular weight excluding hydrogens is 212 g/mol. The number of amides is 1. The van der Waals surface area contributed by atoms with Gasteiger partial charge >= 0.3 is 0 Å². The van der Waals surface area contributed by atoms with Crippen LogP contribution >= 0.6 is 0 Å². The molecule has 1 fully saturated rings. The second kappa shape index (κ2) is 2.81. The fraction of sp³-hybridized carbons (Fsp3) is 0.417. The predicted molar refractivity (Wildman–Crippen MR) is 56.0 cm³/mol. The third-order valence-corrected chi connectivity index (χ3v) is 3.71. The number of alkyl halides is 2. The second-order valence-electron chi connectivity index (χ2n) is 4.68. The van der Waals surface area contributed by atoms with Gasteiger partial charge < -0.3 is 5.73 Å². The molecule has 2 rings (SSSR count). The van der Waals surface area contributed by atoms with Crippen LogP contribution < -0.4 is 5.73 Å². The van der Waals surface area contributed by atoms with Gasteiger partial charge in [-0.25, -0.2) is 8.78 Å². The molecule has 1 aromatic rings. The van der Waals surface area contributed by atoms with Crippen LogP contribution in [0.5, 0.6) is 0 Å². The molecule has 1 aliphatic carbocycles. The van der Waals surface area contributed by atoms with E-state index in [1.54, 1.807) is 18.2 Å². The van der Waals surface area contributed by atoms with E-state index < -0.39 is 22.7 Å². The molecule has 0 heterocycles. The number of halogens is 2. The highest BCUT2D eigenvalue weighted by molar-refractivity contribution is 5.94. The molecule has 16 heavy (non-hydrogen) atoms. The van der Waals surface area contributed by atoms with E-state index in [9.17, 15) is 13.6 Å². The molecule has 1 unspecified atom stereocenters. The Morgan fingerprint density at radius 2 is 1.62 bits per heavy atom. The Balaban J connectivity index is 2.63. The second-order valence-corrected chi connectivity index (χ2v) is 4.68. The maximum atomic E-state index is 13.9. The van der Waals surface area contributed by atoms with E-state index in [-0.39, 0.29) is 5.56 Å². The fourth-order valence-corrected chi connectivity index (χ4v) is 2.60. The van der Waals surface area contributed by atoms with E-state index in [0.717, 1.165) is 0 Å². The van der Waals surface area contributed by atoms with Gasteiger partial charge in [0.15, 0.2) is 0 Å². The third-order valence-electron chi connectivity index (χ3n) is 3.71. The van der Waals surface area contributed by atoms with Crippen molar-refractivity contribution in [3.63, 3.8) is 0 Å². The topological polar surface area (TPSA) is 43.1 Å². The van der Waals surface area contributed by atoms with Gasteiger partial charge in [0.2, 0.25) is 5.91 Å². The van der Waals surface area contributed by atoms with E-state index in [1.807, 2.05) is 0 Å². The zero-order valence-electron chi connectivity index (χ0n) is 9.13. The van der Waals surface area contributed by atoms with E-state index in [0.29, 0.717) is 0 Å². The number of carbonyl (C=O) groups is 1. The molecule has 1 aromatic carbocycles. The standard InChI is InChI=1S/C12H13F2NO/c1-10(2)11(9(15)16,12(10,13)14)8-6-4-3-5-7-8/h3-7H,1-2H3,(H2,15,16). The van der Waals surface area contributed by atoms with Crippen LogP contribution in [0.15, 0.2) is 30.3 Å². The van der Waals surface area contributed by atoms with Gasteiger partial charge in [-0.05, 0) is 5.56 Å². The van der Waals surface area contributed by atoms with Crippen molar-refractivity contribution in [1.29, 1.82) is 0 Å². The van der Waals surface area contributed by atoms with Gasteiger partial charge in [-0.3, -0.25) is 4.79 Å². The number of rotatable bonds is 2. The summed E-state index contributed by atoms with van der Waals surface area (Å²) in [6.45, 7) is 2.73. The Morgan fingerprint density at radius 1 is 1.19 bits per heavy atom. The van der Waals surface area contributed by atoms with Crippen LogP contribution in [0.2, 0.25) is 0 Å². The zero-order chi connectivity index (χ0) is 12.2. The van der Waals surface area contributed by atoms with Gasteiger partial charge in [0.05, 0.1) is 5.41 Å². The molecule has 1 saturated carbocycles. The molecule has 0 bridgehead atoms. The Labute approximate surface area is 92.4 Å². The summed E-state index contributed by atoms with van der Waals surface area (Å²) in [6, 6.07) is 8.02. The first kappa shape index (κ1) is 11.0. The Morgan fingerprint density at radius 3 is 1.94 bits per heavy atom. The molecule has 0 spiro atoms. The van der Waals surface area contributed by atoms with Crippen LogP contribution in [0.4, 0.5) is 8.78 Å². The average molecular weight is 225 g/mol. The lowest BCUT2D eigenvalue weighted by Gasteiger charge is -2.14.